The molecular formula is C23H27FN2O2. The fourth-order valence-electron chi connectivity index (χ4n) is 3.75. The second kappa shape index (κ2) is 9.00. The molecule has 1 fully saturated rings. The Morgan fingerprint density at radius 1 is 1.14 bits per heavy atom. The van der Waals surface area contributed by atoms with E-state index in [1.165, 1.54) is 12.1 Å². The maximum Gasteiger partial charge on any atom is 0.227 e. The van der Waals surface area contributed by atoms with Crippen molar-refractivity contribution in [1.82, 2.24) is 4.90 Å². The number of nitrogens with zero attached hydrogens (tertiary/aromatic N) is 1. The Bertz CT molecular complexity index is 857. The van der Waals surface area contributed by atoms with Gasteiger partial charge in [0.15, 0.2) is 0 Å². The predicted octanol–water partition coefficient (Wildman–Crippen LogP) is 4.12. The molecule has 148 valence electrons. The van der Waals surface area contributed by atoms with Gasteiger partial charge in [0.05, 0.1) is 6.42 Å². The molecule has 0 spiro atoms. The summed E-state index contributed by atoms with van der Waals surface area (Å²) in [5, 5.41) is 3.11. The van der Waals surface area contributed by atoms with E-state index in [1.807, 2.05) is 25.1 Å². The minimum Gasteiger partial charge on any atom is -0.342 e. The molecule has 0 bridgehead atoms. The Morgan fingerprint density at radius 3 is 2.54 bits per heavy atom. The van der Waals surface area contributed by atoms with E-state index < -0.39 is 0 Å². The molecule has 0 saturated carbocycles. The number of halogens is 1. The second-order valence-corrected chi connectivity index (χ2v) is 7.41. The molecular weight excluding hydrogens is 355 g/mol. The Hall–Kier alpha value is -2.69. The molecule has 28 heavy (non-hydrogen) atoms. The number of carbonyl (C=O) groups is 2. The first-order valence-corrected chi connectivity index (χ1v) is 9.89. The molecule has 2 aromatic rings. The molecule has 5 heteroatoms. The van der Waals surface area contributed by atoms with E-state index in [4.69, 9.17) is 0 Å². The van der Waals surface area contributed by atoms with Gasteiger partial charge in [-0.3, -0.25) is 9.59 Å². The van der Waals surface area contributed by atoms with Crippen molar-refractivity contribution in [1.29, 1.82) is 0 Å². The number of hydrogen-bond donors (Lipinski definition) is 1. The Kier molecular flexibility index (Phi) is 6.45. The molecule has 0 aromatic heterocycles. The maximum absolute atomic E-state index is 13.3. The first-order valence-electron chi connectivity index (χ1n) is 9.89. The van der Waals surface area contributed by atoms with E-state index in [2.05, 4.69) is 12.2 Å². The topological polar surface area (TPSA) is 49.4 Å². The van der Waals surface area contributed by atoms with Gasteiger partial charge in [-0.25, -0.2) is 4.39 Å². The van der Waals surface area contributed by atoms with Crippen LogP contribution in [-0.2, 0) is 22.4 Å². The number of amides is 2. The van der Waals surface area contributed by atoms with E-state index in [9.17, 15) is 14.0 Å². The van der Waals surface area contributed by atoms with Gasteiger partial charge in [0.2, 0.25) is 11.8 Å². The van der Waals surface area contributed by atoms with E-state index in [1.54, 1.807) is 17.0 Å². The maximum atomic E-state index is 13.3. The summed E-state index contributed by atoms with van der Waals surface area (Å²) < 4.78 is 13.3. The van der Waals surface area contributed by atoms with E-state index >= 15 is 0 Å². The largest absolute Gasteiger partial charge is 0.342 e. The fourth-order valence-corrected chi connectivity index (χ4v) is 3.75. The van der Waals surface area contributed by atoms with Crippen molar-refractivity contribution in [3.8, 4) is 0 Å². The summed E-state index contributed by atoms with van der Waals surface area (Å²) in [4.78, 5) is 27.0. The third kappa shape index (κ3) is 4.77. The van der Waals surface area contributed by atoms with Gasteiger partial charge in [-0.1, -0.05) is 37.3 Å². The van der Waals surface area contributed by atoms with Crippen LogP contribution in [0.15, 0.2) is 42.5 Å². The van der Waals surface area contributed by atoms with E-state index in [0.717, 1.165) is 23.2 Å². The van der Waals surface area contributed by atoms with Crippen molar-refractivity contribution in [3.05, 3.63) is 65.0 Å². The third-order valence-electron chi connectivity index (χ3n) is 5.45. The second-order valence-electron chi connectivity index (χ2n) is 7.41. The smallest absolute Gasteiger partial charge is 0.227 e. The zero-order chi connectivity index (χ0) is 20.1. The van der Waals surface area contributed by atoms with Gasteiger partial charge >= 0.3 is 0 Å². The summed E-state index contributed by atoms with van der Waals surface area (Å²) in [6.07, 6.45) is 2.35. The molecule has 0 unspecified atom stereocenters. The van der Waals surface area contributed by atoms with Crippen molar-refractivity contribution in [3.63, 3.8) is 0 Å². The number of rotatable bonds is 5. The molecule has 0 aliphatic carbocycles. The standard InChI is InChI=1S/C23H27FN2O2/c1-3-18-8-4-6-16(2)22(18)25-23(28)19-10-12-26(13-11-19)21(27)15-17-7-5-9-20(24)14-17/h4-9,14,19H,3,10-13,15H2,1-2H3,(H,25,28). The number of carbonyl (C=O) groups excluding carboxylic acids is 2. The van der Waals surface area contributed by atoms with Gasteiger partial charge in [-0.15, -0.1) is 0 Å². The van der Waals surface area contributed by atoms with Crippen molar-refractivity contribution >= 4 is 17.5 Å². The molecule has 4 nitrogen and oxygen atoms in total. The molecule has 2 amide bonds. The van der Waals surface area contributed by atoms with Gasteiger partial charge in [-0.2, -0.15) is 0 Å². The highest BCUT2D eigenvalue weighted by molar-refractivity contribution is 5.94. The third-order valence-corrected chi connectivity index (χ3v) is 5.45. The Balaban J connectivity index is 1.55. The normalized spacial score (nSPS) is 14.8. The molecule has 1 N–H and O–H groups in total. The van der Waals surface area contributed by atoms with E-state index in [0.29, 0.717) is 31.5 Å². The average molecular weight is 382 g/mol. The van der Waals surface area contributed by atoms with Gasteiger partial charge < -0.3 is 10.2 Å². The minimum absolute atomic E-state index is 0.0170. The minimum atomic E-state index is -0.330. The van der Waals surface area contributed by atoms with Crippen LogP contribution in [0.4, 0.5) is 10.1 Å². The highest BCUT2D eigenvalue weighted by Gasteiger charge is 2.27. The zero-order valence-corrected chi connectivity index (χ0v) is 16.5. The number of para-hydroxylation sites is 1. The molecule has 1 saturated heterocycles. The molecule has 1 aliphatic heterocycles. The summed E-state index contributed by atoms with van der Waals surface area (Å²) in [5.74, 6) is -0.413. The summed E-state index contributed by atoms with van der Waals surface area (Å²) in [6.45, 7) is 5.19. The monoisotopic (exact) mass is 382 g/mol. The summed E-state index contributed by atoms with van der Waals surface area (Å²) in [6, 6.07) is 12.2. The number of anilines is 1. The summed E-state index contributed by atoms with van der Waals surface area (Å²) in [7, 11) is 0. The van der Waals surface area contributed by atoms with Crippen molar-refractivity contribution in [2.24, 2.45) is 5.92 Å². The summed E-state index contributed by atoms with van der Waals surface area (Å²) in [5.41, 5.74) is 3.79. The van der Waals surface area contributed by atoms with Crippen LogP contribution in [0.1, 0.15) is 36.5 Å². The highest BCUT2D eigenvalue weighted by Crippen LogP contribution is 2.25. The quantitative estimate of drug-likeness (QED) is 0.846. The fraction of sp³-hybridized carbons (Fsp3) is 0.391. The van der Waals surface area contributed by atoms with Crippen LogP contribution >= 0.6 is 0 Å². The lowest BCUT2D eigenvalue weighted by Crippen LogP contribution is -2.42. The lowest BCUT2D eigenvalue weighted by atomic mass is 9.94. The van der Waals surface area contributed by atoms with Gasteiger partial charge in [-0.05, 0) is 55.0 Å². The number of benzene rings is 2. The van der Waals surface area contributed by atoms with E-state index in [-0.39, 0.29) is 30.0 Å². The van der Waals surface area contributed by atoms with Crippen molar-refractivity contribution in [2.45, 2.75) is 39.5 Å². The van der Waals surface area contributed by atoms with Crippen LogP contribution in [-0.4, -0.2) is 29.8 Å². The van der Waals surface area contributed by atoms with Crippen LogP contribution in [0.2, 0.25) is 0 Å². The van der Waals surface area contributed by atoms with Crippen LogP contribution < -0.4 is 5.32 Å². The molecule has 1 heterocycles. The molecule has 1 aliphatic rings. The molecule has 0 radical (unpaired) electrons. The average Bonchev–Trinajstić information content (AvgIpc) is 2.69. The summed E-state index contributed by atoms with van der Waals surface area (Å²) >= 11 is 0. The SMILES string of the molecule is CCc1cccc(C)c1NC(=O)C1CCN(C(=O)Cc2cccc(F)c2)CC1. The number of nitrogens with one attached hydrogen (secondary N) is 1. The van der Waals surface area contributed by atoms with Crippen molar-refractivity contribution < 1.29 is 14.0 Å². The number of hydrogen-bond acceptors (Lipinski definition) is 2. The van der Waals surface area contributed by atoms with Crippen LogP contribution in [0.5, 0.6) is 0 Å². The van der Waals surface area contributed by atoms with Gasteiger partial charge in [0.1, 0.15) is 5.82 Å². The lowest BCUT2D eigenvalue weighted by Gasteiger charge is -2.31. The van der Waals surface area contributed by atoms with Crippen LogP contribution in [0.3, 0.4) is 0 Å². The van der Waals surface area contributed by atoms with Gasteiger partial charge in [0.25, 0.3) is 0 Å². The zero-order valence-electron chi connectivity index (χ0n) is 16.5. The predicted molar refractivity (Wildman–Crippen MR) is 109 cm³/mol. The highest BCUT2D eigenvalue weighted by atomic mass is 19.1. The Labute approximate surface area is 165 Å². The van der Waals surface area contributed by atoms with Crippen LogP contribution in [0.25, 0.3) is 0 Å². The first kappa shape index (κ1) is 20.1. The number of piperidine rings is 1. The van der Waals surface area contributed by atoms with Crippen molar-refractivity contribution in [2.75, 3.05) is 18.4 Å². The molecule has 3 rings (SSSR count). The molecule has 0 atom stereocenters. The molecule has 2 aromatic carbocycles. The number of likely N-dealkylation sites (tertiary alicyclic amines) is 1. The van der Waals surface area contributed by atoms with Gasteiger partial charge in [0, 0.05) is 24.7 Å². The number of aryl methyl sites for hydroxylation is 2. The first-order chi connectivity index (χ1) is 13.5. The lowest BCUT2D eigenvalue weighted by molar-refractivity contribution is -0.133. The Morgan fingerprint density at radius 2 is 1.86 bits per heavy atom. The van der Waals surface area contributed by atoms with Crippen LogP contribution in [0, 0.1) is 18.7 Å².